The summed E-state index contributed by atoms with van der Waals surface area (Å²) in [6.45, 7) is 8.52. The van der Waals surface area contributed by atoms with Crippen LogP contribution in [0.25, 0.3) is 0 Å². The van der Waals surface area contributed by atoms with Crippen LogP contribution >= 0.6 is 0 Å². The number of hydrogen-bond donors (Lipinski definition) is 1. The highest BCUT2D eigenvalue weighted by Gasteiger charge is 2.30. The van der Waals surface area contributed by atoms with Crippen molar-refractivity contribution in [3.63, 3.8) is 0 Å². The molecule has 2 nitrogen and oxygen atoms in total. The fourth-order valence-corrected chi connectivity index (χ4v) is 3.11. The Morgan fingerprint density at radius 2 is 2.06 bits per heavy atom. The molecule has 0 spiro atoms. The van der Waals surface area contributed by atoms with Crippen LogP contribution in [0, 0.1) is 5.92 Å². The highest BCUT2D eigenvalue weighted by atomic mass is 15.2. The van der Waals surface area contributed by atoms with Crippen LogP contribution in [0.5, 0.6) is 0 Å². The second-order valence-electron chi connectivity index (χ2n) is 5.72. The van der Waals surface area contributed by atoms with Crippen LogP contribution in [0.15, 0.2) is 0 Å². The number of nitrogens with zero attached hydrogens (tertiary/aromatic N) is 1. The summed E-state index contributed by atoms with van der Waals surface area (Å²) >= 11 is 0. The summed E-state index contributed by atoms with van der Waals surface area (Å²) in [4.78, 5) is 2.74. The molecule has 1 aliphatic carbocycles. The molecular weight excluding hydrogens is 196 g/mol. The lowest BCUT2D eigenvalue weighted by atomic mass is 9.79. The zero-order valence-corrected chi connectivity index (χ0v) is 11.0. The first-order valence-electron chi connectivity index (χ1n) is 7.28. The van der Waals surface area contributed by atoms with E-state index in [2.05, 4.69) is 24.1 Å². The Hall–Kier alpha value is -0.0800. The minimum atomic E-state index is 0.760. The third kappa shape index (κ3) is 2.98. The SMILES string of the molecule is CCCNC1CCCN(C(C)C2CCC2)C1. The van der Waals surface area contributed by atoms with Crippen LogP contribution in [0.1, 0.15) is 52.4 Å². The van der Waals surface area contributed by atoms with E-state index in [1.165, 1.54) is 58.2 Å². The van der Waals surface area contributed by atoms with Crippen molar-refractivity contribution in [2.45, 2.75) is 64.5 Å². The van der Waals surface area contributed by atoms with E-state index in [1.807, 2.05) is 0 Å². The largest absolute Gasteiger partial charge is 0.313 e. The van der Waals surface area contributed by atoms with Crippen LogP contribution in [0.4, 0.5) is 0 Å². The topological polar surface area (TPSA) is 15.3 Å². The molecular formula is C14H28N2. The zero-order chi connectivity index (χ0) is 11.4. The molecule has 0 aromatic rings. The molecule has 1 saturated carbocycles. The van der Waals surface area contributed by atoms with Gasteiger partial charge in [0, 0.05) is 18.6 Å². The normalized spacial score (nSPS) is 30.0. The summed E-state index contributed by atoms with van der Waals surface area (Å²) in [5.41, 5.74) is 0. The molecule has 2 atom stereocenters. The first kappa shape index (κ1) is 12.4. The van der Waals surface area contributed by atoms with Crippen molar-refractivity contribution in [1.82, 2.24) is 10.2 Å². The standard InChI is InChI=1S/C14H28N2/c1-3-9-15-14-8-5-10-16(11-14)12(2)13-6-4-7-13/h12-15H,3-11H2,1-2H3. The molecule has 1 aliphatic heterocycles. The fraction of sp³-hybridized carbons (Fsp3) is 1.00. The summed E-state index contributed by atoms with van der Waals surface area (Å²) in [6, 6.07) is 1.59. The van der Waals surface area contributed by atoms with Crippen molar-refractivity contribution in [1.29, 1.82) is 0 Å². The molecule has 2 unspecified atom stereocenters. The molecule has 0 bridgehead atoms. The van der Waals surface area contributed by atoms with E-state index in [9.17, 15) is 0 Å². The zero-order valence-electron chi connectivity index (χ0n) is 11.0. The Labute approximate surface area is 101 Å². The lowest BCUT2D eigenvalue weighted by Crippen LogP contribution is -2.51. The number of nitrogens with one attached hydrogen (secondary N) is 1. The Balaban J connectivity index is 1.76. The van der Waals surface area contributed by atoms with Crippen LogP contribution in [0.3, 0.4) is 0 Å². The molecule has 2 heteroatoms. The number of rotatable bonds is 5. The van der Waals surface area contributed by atoms with Gasteiger partial charge in [0.05, 0.1) is 0 Å². The summed E-state index contributed by atoms with van der Waals surface area (Å²) in [5, 5.41) is 3.69. The predicted octanol–water partition coefficient (Wildman–Crippen LogP) is 2.64. The van der Waals surface area contributed by atoms with E-state index >= 15 is 0 Å². The minimum absolute atomic E-state index is 0.760. The second kappa shape index (κ2) is 6.02. The molecule has 1 saturated heterocycles. The highest BCUT2D eigenvalue weighted by molar-refractivity contribution is 4.86. The van der Waals surface area contributed by atoms with Gasteiger partial charge in [-0.1, -0.05) is 13.3 Å². The Morgan fingerprint density at radius 3 is 2.69 bits per heavy atom. The average molecular weight is 224 g/mol. The van der Waals surface area contributed by atoms with Gasteiger partial charge in [-0.2, -0.15) is 0 Å². The number of piperidine rings is 1. The van der Waals surface area contributed by atoms with Gasteiger partial charge < -0.3 is 5.32 Å². The molecule has 1 heterocycles. The van der Waals surface area contributed by atoms with E-state index in [0.29, 0.717) is 0 Å². The van der Waals surface area contributed by atoms with E-state index < -0.39 is 0 Å². The predicted molar refractivity (Wildman–Crippen MR) is 69.7 cm³/mol. The van der Waals surface area contributed by atoms with Crippen molar-refractivity contribution < 1.29 is 0 Å². The average Bonchev–Trinajstić information content (AvgIpc) is 2.24. The maximum Gasteiger partial charge on any atom is 0.0195 e. The Bertz CT molecular complexity index is 201. The van der Waals surface area contributed by atoms with Gasteiger partial charge >= 0.3 is 0 Å². The first-order chi connectivity index (χ1) is 7.81. The van der Waals surface area contributed by atoms with E-state index in [0.717, 1.165) is 18.0 Å². The van der Waals surface area contributed by atoms with Gasteiger partial charge in [0.15, 0.2) is 0 Å². The lowest BCUT2D eigenvalue weighted by Gasteiger charge is -2.43. The third-order valence-electron chi connectivity index (χ3n) is 4.54. The van der Waals surface area contributed by atoms with Gasteiger partial charge in [-0.15, -0.1) is 0 Å². The monoisotopic (exact) mass is 224 g/mol. The van der Waals surface area contributed by atoms with Crippen molar-refractivity contribution in [3.8, 4) is 0 Å². The molecule has 0 radical (unpaired) electrons. The van der Waals surface area contributed by atoms with Gasteiger partial charge in [-0.05, 0) is 58.0 Å². The van der Waals surface area contributed by atoms with Gasteiger partial charge in [0.1, 0.15) is 0 Å². The minimum Gasteiger partial charge on any atom is -0.313 e. The van der Waals surface area contributed by atoms with Crippen LogP contribution in [0.2, 0.25) is 0 Å². The molecule has 2 fully saturated rings. The quantitative estimate of drug-likeness (QED) is 0.772. The summed E-state index contributed by atoms with van der Waals surface area (Å²) < 4.78 is 0. The van der Waals surface area contributed by atoms with Gasteiger partial charge in [0.25, 0.3) is 0 Å². The van der Waals surface area contributed by atoms with Gasteiger partial charge in [-0.3, -0.25) is 4.90 Å². The Kier molecular flexibility index (Phi) is 4.66. The summed E-state index contributed by atoms with van der Waals surface area (Å²) in [6.07, 6.45) is 8.46. The second-order valence-corrected chi connectivity index (χ2v) is 5.72. The van der Waals surface area contributed by atoms with Crippen molar-refractivity contribution in [3.05, 3.63) is 0 Å². The van der Waals surface area contributed by atoms with Crippen molar-refractivity contribution in [2.75, 3.05) is 19.6 Å². The van der Waals surface area contributed by atoms with Crippen LogP contribution < -0.4 is 5.32 Å². The summed E-state index contributed by atoms with van der Waals surface area (Å²) in [5.74, 6) is 1.00. The molecule has 2 rings (SSSR count). The van der Waals surface area contributed by atoms with Crippen LogP contribution in [-0.4, -0.2) is 36.6 Å². The third-order valence-corrected chi connectivity index (χ3v) is 4.54. The molecule has 0 aromatic carbocycles. The number of likely N-dealkylation sites (tertiary alicyclic amines) is 1. The van der Waals surface area contributed by atoms with Crippen molar-refractivity contribution >= 4 is 0 Å². The smallest absolute Gasteiger partial charge is 0.0195 e. The van der Waals surface area contributed by atoms with Gasteiger partial charge in [-0.25, -0.2) is 0 Å². The fourth-order valence-electron chi connectivity index (χ4n) is 3.11. The molecule has 1 N–H and O–H groups in total. The first-order valence-corrected chi connectivity index (χ1v) is 7.28. The maximum absolute atomic E-state index is 3.69. The summed E-state index contributed by atoms with van der Waals surface area (Å²) in [7, 11) is 0. The van der Waals surface area contributed by atoms with Gasteiger partial charge in [0.2, 0.25) is 0 Å². The molecule has 94 valence electrons. The molecule has 16 heavy (non-hydrogen) atoms. The van der Waals surface area contributed by atoms with Crippen LogP contribution in [-0.2, 0) is 0 Å². The van der Waals surface area contributed by atoms with E-state index in [-0.39, 0.29) is 0 Å². The Morgan fingerprint density at radius 1 is 1.25 bits per heavy atom. The number of hydrogen-bond acceptors (Lipinski definition) is 2. The van der Waals surface area contributed by atoms with E-state index in [1.54, 1.807) is 0 Å². The van der Waals surface area contributed by atoms with Crippen molar-refractivity contribution in [2.24, 2.45) is 5.92 Å². The molecule has 0 amide bonds. The lowest BCUT2D eigenvalue weighted by molar-refractivity contribution is 0.0763. The molecule has 2 aliphatic rings. The molecule has 0 aromatic heterocycles. The highest BCUT2D eigenvalue weighted by Crippen LogP contribution is 2.33. The maximum atomic E-state index is 3.69. The van der Waals surface area contributed by atoms with E-state index in [4.69, 9.17) is 0 Å².